The highest BCUT2D eigenvalue weighted by molar-refractivity contribution is 5.44. The van der Waals surface area contributed by atoms with Crippen LogP contribution in [-0.4, -0.2) is 9.55 Å². The van der Waals surface area contributed by atoms with Gasteiger partial charge in [-0.15, -0.1) is 0 Å². The summed E-state index contributed by atoms with van der Waals surface area (Å²) in [7, 11) is 0. The molecule has 2 heteroatoms. The molecule has 0 atom stereocenters. The second kappa shape index (κ2) is 3.54. The average Bonchev–Trinajstić information content (AvgIpc) is 2.69. The molecule has 2 aromatic rings. The van der Waals surface area contributed by atoms with Crippen molar-refractivity contribution >= 4 is 0 Å². The Labute approximate surface area is 90.6 Å². The maximum atomic E-state index is 3.96. The van der Waals surface area contributed by atoms with E-state index in [9.17, 15) is 0 Å². The smallest absolute Gasteiger partial charge is 0.181 e. The van der Waals surface area contributed by atoms with Gasteiger partial charge in [0.25, 0.3) is 0 Å². The van der Waals surface area contributed by atoms with E-state index in [-0.39, 0.29) is 5.41 Å². The molecule has 0 spiro atoms. The summed E-state index contributed by atoms with van der Waals surface area (Å²) in [4.78, 5) is 3.96. The fourth-order valence-corrected chi connectivity index (χ4v) is 1.68. The van der Waals surface area contributed by atoms with Crippen LogP contribution in [0.3, 0.4) is 0 Å². The summed E-state index contributed by atoms with van der Waals surface area (Å²) < 4.78 is 1.93. The topological polar surface area (TPSA) is 17.8 Å². The molecule has 1 radical (unpaired) electrons. The number of imidazole rings is 1. The summed E-state index contributed by atoms with van der Waals surface area (Å²) in [5, 5.41) is 0. The molecule has 0 saturated heterocycles. The predicted octanol–water partition coefficient (Wildman–Crippen LogP) is 2.97. The Morgan fingerprint density at radius 2 is 1.93 bits per heavy atom. The van der Waals surface area contributed by atoms with E-state index in [1.807, 2.05) is 16.8 Å². The second-order valence-corrected chi connectivity index (χ2v) is 4.66. The van der Waals surface area contributed by atoms with Gasteiger partial charge in [-0.3, -0.25) is 4.57 Å². The van der Waals surface area contributed by atoms with Crippen LogP contribution in [-0.2, 0) is 5.41 Å². The molecule has 0 amide bonds. The lowest BCUT2D eigenvalue weighted by molar-refractivity contribution is 0.586. The van der Waals surface area contributed by atoms with Gasteiger partial charge in [0.2, 0.25) is 0 Å². The van der Waals surface area contributed by atoms with Crippen LogP contribution in [0.25, 0.3) is 5.69 Å². The van der Waals surface area contributed by atoms with Crippen molar-refractivity contribution in [2.24, 2.45) is 0 Å². The number of nitrogens with zero attached hydrogens (tertiary/aromatic N) is 2. The van der Waals surface area contributed by atoms with Gasteiger partial charge in [-0.05, 0) is 17.0 Å². The summed E-state index contributed by atoms with van der Waals surface area (Å²) in [6.45, 7) is 6.63. The average molecular weight is 199 g/mol. The first-order chi connectivity index (χ1) is 7.09. The van der Waals surface area contributed by atoms with Crippen molar-refractivity contribution in [2.75, 3.05) is 0 Å². The zero-order valence-electron chi connectivity index (χ0n) is 9.36. The highest BCUT2D eigenvalue weighted by Crippen LogP contribution is 2.27. The van der Waals surface area contributed by atoms with Gasteiger partial charge in [-0.1, -0.05) is 39.0 Å². The van der Waals surface area contributed by atoms with Gasteiger partial charge in [0.05, 0.1) is 5.69 Å². The first kappa shape index (κ1) is 9.97. The monoisotopic (exact) mass is 199 g/mol. The molecule has 77 valence electrons. The quantitative estimate of drug-likeness (QED) is 0.690. The van der Waals surface area contributed by atoms with Gasteiger partial charge in [-0.25, -0.2) is 4.98 Å². The summed E-state index contributed by atoms with van der Waals surface area (Å²) >= 11 is 0. The van der Waals surface area contributed by atoms with E-state index in [1.54, 1.807) is 6.20 Å². The van der Waals surface area contributed by atoms with Crippen LogP contribution in [0, 0.1) is 6.33 Å². The van der Waals surface area contributed by atoms with Gasteiger partial charge < -0.3 is 0 Å². The molecule has 15 heavy (non-hydrogen) atoms. The molecule has 0 saturated carbocycles. The number of benzene rings is 1. The Morgan fingerprint density at radius 3 is 2.53 bits per heavy atom. The number of hydrogen-bond donors (Lipinski definition) is 0. The third-order valence-corrected chi connectivity index (χ3v) is 2.43. The lowest BCUT2D eigenvalue weighted by atomic mass is 9.86. The van der Waals surface area contributed by atoms with Gasteiger partial charge >= 0.3 is 0 Å². The normalized spacial score (nSPS) is 11.7. The van der Waals surface area contributed by atoms with Crippen LogP contribution in [0.15, 0.2) is 36.7 Å². The highest BCUT2D eigenvalue weighted by atomic mass is 15.0. The Morgan fingerprint density at radius 1 is 1.20 bits per heavy atom. The molecule has 0 aliphatic heterocycles. The molecule has 1 heterocycles. The minimum Gasteiger partial charge on any atom is -0.297 e. The fraction of sp³-hybridized carbons (Fsp3) is 0.308. The maximum Gasteiger partial charge on any atom is 0.181 e. The summed E-state index contributed by atoms with van der Waals surface area (Å²) in [5.74, 6) is 0. The van der Waals surface area contributed by atoms with Crippen LogP contribution in [0.2, 0.25) is 0 Å². The van der Waals surface area contributed by atoms with E-state index in [2.05, 4.69) is 50.3 Å². The first-order valence-corrected chi connectivity index (χ1v) is 5.10. The molecule has 0 N–H and O–H groups in total. The largest absolute Gasteiger partial charge is 0.297 e. The van der Waals surface area contributed by atoms with Gasteiger partial charge in [0.1, 0.15) is 0 Å². The second-order valence-electron chi connectivity index (χ2n) is 4.66. The van der Waals surface area contributed by atoms with Crippen LogP contribution < -0.4 is 0 Å². The molecule has 0 bridgehead atoms. The van der Waals surface area contributed by atoms with E-state index in [1.165, 1.54) is 5.56 Å². The molecule has 1 aromatic heterocycles. The first-order valence-electron chi connectivity index (χ1n) is 5.10. The zero-order chi connectivity index (χ0) is 10.9. The minimum atomic E-state index is 0.134. The third-order valence-electron chi connectivity index (χ3n) is 2.43. The Balaban J connectivity index is 2.58. The molecule has 0 aliphatic carbocycles. The third kappa shape index (κ3) is 1.94. The van der Waals surface area contributed by atoms with Crippen molar-refractivity contribution in [3.05, 3.63) is 48.5 Å². The Bertz CT molecular complexity index is 436. The predicted molar refractivity (Wildman–Crippen MR) is 61.1 cm³/mol. The molecule has 0 fully saturated rings. The van der Waals surface area contributed by atoms with E-state index in [4.69, 9.17) is 0 Å². The number of hydrogen-bond acceptors (Lipinski definition) is 1. The molecule has 0 unspecified atom stereocenters. The van der Waals surface area contributed by atoms with Crippen LogP contribution >= 0.6 is 0 Å². The molecule has 2 nitrogen and oxygen atoms in total. The summed E-state index contributed by atoms with van der Waals surface area (Å²) in [6, 6.07) is 8.36. The highest BCUT2D eigenvalue weighted by Gasteiger charge is 2.17. The van der Waals surface area contributed by atoms with E-state index in [0.29, 0.717) is 0 Å². The Hall–Kier alpha value is -1.57. The standard InChI is InChI=1S/C13H15N2/c1-13(2,3)11-6-4-5-7-12(11)15-9-8-14-10-15/h4-9H,1-3H3. The van der Waals surface area contributed by atoms with Crippen LogP contribution in [0.4, 0.5) is 0 Å². The molecular weight excluding hydrogens is 184 g/mol. The van der Waals surface area contributed by atoms with Crippen LogP contribution in [0.5, 0.6) is 0 Å². The van der Waals surface area contributed by atoms with Crippen molar-refractivity contribution in [2.45, 2.75) is 26.2 Å². The van der Waals surface area contributed by atoms with Crippen LogP contribution in [0.1, 0.15) is 26.3 Å². The van der Waals surface area contributed by atoms with Gasteiger partial charge in [-0.2, -0.15) is 0 Å². The van der Waals surface area contributed by atoms with E-state index in [0.717, 1.165) is 5.69 Å². The number of para-hydroxylation sites is 1. The number of aromatic nitrogens is 2. The molecule has 1 aromatic carbocycles. The van der Waals surface area contributed by atoms with Crippen molar-refractivity contribution < 1.29 is 0 Å². The minimum absolute atomic E-state index is 0.134. The maximum absolute atomic E-state index is 3.96. The fourth-order valence-electron chi connectivity index (χ4n) is 1.68. The summed E-state index contributed by atoms with van der Waals surface area (Å²) in [6.07, 6.45) is 6.60. The zero-order valence-corrected chi connectivity index (χ0v) is 9.36. The Kier molecular flexibility index (Phi) is 2.35. The molecule has 2 rings (SSSR count). The van der Waals surface area contributed by atoms with Crippen molar-refractivity contribution in [1.82, 2.24) is 9.55 Å². The van der Waals surface area contributed by atoms with Crippen molar-refractivity contribution in [3.8, 4) is 5.69 Å². The molecule has 0 aliphatic rings. The molecular formula is C13H15N2. The van der Waals surface area contributed by atoms with Crippen molar-refractivity contribution in [3.63, 3.8) is 0 Å². The van der Waals surface area contributed by atoms with Gasteiger partial charge in [0, 0.05) is 12.4 Å². The van der Waals surface area contributed by atoms with E-state index < -0.39 is 0 Å². The van der Waals surface area contributed by atoms with Crippen molar-refractivity contribution in [1.29, 1.82) is 0 Å². The van der Waals surface area contributed by atoms with Gasteiger partial charge in [0.15, 0.2) is 6.33 Å². The SMILES string of the molecule is CC(C)(C)c1ccccc1-n1[c]ncc1. The van der Waals surface area contributed by atoms with E-state index >= 15 is 0 Å². The lowest BCUT2D eigenvalue weighted by Crippen LogP contribution is -2.14. The number of rotatable bonds is 1. The summed E-state index contributed by atoms with van der Waals surface area (Å²) in [5.41, 5.74) is 2.59. The lowest BCUT2D eigenvalue weighted by Gasteiger charge is -2.22.